The summed E-state index contributed by atoms with van der Waals surface area (Å²) in [6, 6.07) is 18.4. The molecule has 1 amide bonds. The average Bonchev–Trinajstić information content (AvgIpc) is 3.23. The van der Waals surface area contributed by atoms with Crippen LogP contribution in [0.3, 0.4) is 0 Å². The Labute approximate surface area is 190 Å². The van der Waals surface area contributed by atoms with Gasteiger partial charge in [0.05, 0.1) is 29.7 Å². The lowest BCUT2D eigenvalue weighted by Gasteiger charge is -2.33. The zero-order valence-corrected chi connectivity index (χ0v) is 18.5. The van der Waals surface area contributed by atoms with Crippen molar-refractivity contribution in [2.45, 2.75) is 12.6 Å². The molecule has 1 saturated heterocycles. The molecule has 7 heteroatoms. The van der Waals surface area contributed by atoms with Crippen molar-refractivity contribution in [2.75, 3.05) is 32.8 Å². The number of carbonyl (C=O) groups excluding carboxylic acids is 1. The van der Waals surface area contributed by atoms with E-state index in [9.17, 15) is 4.79 Å². The van der Waals surface area contributed by atoms with E-state index in [0.29, 0.717) is 18.0 Å². The van der Waals surface area contributed by atoms with Gasteiger partial charge in [-0.1, -0.05) is 42.5 Å². The number of amides is 1. The SMILES string of the molecule is O=C(NCCO)c1sc2ccccc2c1[C@@H]1CN(Cc2cccc3cccnc23)CCO1. The number of aliphatic hydroxyl groups is 1. The van der Waals surface area contributed by atoms with Gasteiger partial charge >= 0.3 is 0 Å². The molecular weight excluding hydrogens is 422 g/mol. The number of aromatic nitrogens is 1. The molecule has 0 saturated carbocycles. The fourth-order valence-electron chi connectivity index (χ4n) is 4.36. The molecule has 3 heterocycles. The van der Waals surface area contributed by atoms with Gasteiger partial charge in [0.25, 0.3) is 5.91 Å². The number of hydrogen-bond donors (Lipinski definition) is 2. The van der Waals surface area contributed by atoms with E-state index in [1.54, 1.807) is 0 Å². The summed E-state index contributed by atoms with van der Waals surface area (Å²) >= 11 is 1.48. The van der Waals surface area contributed by atoms with Gasteiger partial charge in [-0.25, -0.2) is 0 Å². The molecular formula is C25H25N3O3S. The number of carbonyl (C=O) groups is 1. The van der Waals surface area contributed by atoms with Crippen LogP contribution in [0.15, 0.2) is 60.8 Å². The van der Waals surface area contributed by atoms with Crippen molar-refractivity contribution >= 4 is 38.2 Å². The van der Waals surface area contributed by atoms with E-state index in [2.05, 4.69) is 45.5 Å². The molecule has 2 N–H and O–H groups in total. The van der Waals surface area contributed by atoms with Crippen molar-refractivity contribution in [1.29, 1.82) is 0 Å². The van der Waals surface area contributed by atoms with Crippen molar-refractivity contribution in [3.8, 4) is 0 Å². The number of rotatable bonds is 6. The van der Waals surface area contributed by atoms with Crippen LogP contribution in [-0.2, 0) is 11.3 Å². The standard InChI is InChI=1S/C25H25N3O3S/c29-13-11-27-25(30)24-22(19-8-1-2-9-21(19)32-24)20-16-28(12-14-31-20)15-18-6-3-5-17-7-4-10-26-23(17)18/h1-10,20,29H,11-16H2,(H,27,30)/t20-/m0/s1. The van der Waals surface area contributed by atoms with Crippen molar-refractivity contribution in [3.05, 3.63) is 76.8 Å². The van der Waals surface area contributed by atoms with Gasteiger partial charge in [0, 0.05) is 48.0 Å². The number of benzene rings is 2. The summed E-state index contributed by atoms with van der Waals surface area (Å²) < 4.78 is 7.27. The molecule has 1 fully saturated rings. The van der Waals surface area contributed by atoms with Crippen LogP contribution in [0.5, 0.6) is 0 Å². The third kappa shape index (κ3) is 4.12. The fourth-order valence-corrected chi connectivity index (χ4v) is 5.53. The van der Waals surface area contributed by atoms with E-state index in [4.69, 9.17) is 9.84 Å². The normalized spacial score (nSPS) is 17.1. The first kappa shape index (κ1) is 21.0. The molecule has 0 unspecified atom stereocenters. The third-order valence-corrected chi connectivity index (χ3v) is 7.01. The van der Waals surface area contributed by atoms with Gasteiger partial charge in [0.1, 0.15) is 0 Å². The molecule has 1 aliphatic heterocycles. The van der Waals surface area contributed by atoms with Crippen LogP contribution in [0.1, 0.15) is 26.9 Å². The molecule has 6 nitrogen and oxygen atoms in total. The average molecular weight is 448 g/mol. The Morgan fingerprint density at radius 1 is 1.19 bits per heavy atom. The number of nitrogens with zero attached hydrogens (tertiary/aromatic N) is 2. The zero-order valence-electron chi connectivity index (χ0n) is 17.7. The molecule has 0 spiro atoms. The van der Waals surface area contributed by atoms with Crippen molar-refractivity contribution < 1.29 is 14.6 Å². The molecule has 1 aliphatic rings. The Balaban J connectivity index is 1.44. The molecule has 0 radical (unpaired) electrons. The molecule has 5 rings (SSSR count). The Hall–Kier alpha value is -2.84. The van der Waals surface area contributed by atoms with Gasteiger partial charge in [-0.15, -0.1) is 11.3 Å². The summed E-state index contributed by atoms with van der Waals surface area (Å²) in [4.78, 5) is 20.5. The topological polar surface area (TPSA) is 74.7 Å². The maximum atomic E-state index is 12.9. The summed E-state index contributed by atoms with van der Waals surface area (Å²) in [6.45, 7) is 3.06. The number of pyridine rings is 1. The van der Waals surface area contributed by atoms with E-state index in [1.165, 1.54) is 16.9 Å². The zero-order chi connectivity index (χ0) is 21.9. The molecule has 164 valence electrons. The molecule has 2 aromatic carbocycles. The van der Waals surface area contributed by atoms with Crippen LogP contribution < -0.4 is 5.32 Å². The van der Waals surface area contributed by atoms with Crippen LogP contribution in [0.2, 0.25) is 0 Å². The number of morpholine rings is 1. The van der Waals surface area contributed by atoms with Gasteiger partial charge in [-0.05, 0) is 23.1 Å². The van der Waals surface area contributed by atoms with Gasteiger partial charge in [-0.2, -0.15) is 0 Å². The van der Waals surface area contributed by atoms with Crippen molar-refractivity contribution in [3.63, 3.8) is 0 Å². The number of ether oxygens (including phenoxy) is 1. The van der Waals surface area contributed by atoms with E-state index < -0.39 is 0 Å². The predicted octanol–water partition coefficient (Wildman–Crippen LogP) is 3.75. The highest BCUT2D eigenvalue weighted by Gasteiger charge is 2.29. The fraction of sp³-hybridized carbons (Fsp3) is 0.280. The number of aliphatic hydroxyl groups excluding tert-OH is 1. The molecule has 1 atom stereocenters. The minimum Gasteiger partial charge on any atom is -0.395 e. The van der Waals surface area contributed by atoms with Crippen LogP contribution in [0, 0.1) is 0 Å². The maximum absolute atomic E-state index is 12.9. The lowest BCUT2D eigenvalue weighted by Crippen LogP contribution is -2.38. The lowest BCUT2D eigenvalue weighted by molar-refractivity contribution is -0.0322. The summed E-state index contributed by atoms with van der Waals surface area (Å²) in [5, 5.41) is 14.1. The maximum Gasteiger partial charge on any atom is 0.261 e. The molecule has 32 heavy (non-hydrogen) atoms. The first-order valence-corrected chi connectivity index (χ1v) is 11.6. The number of hydrogen-bond acceptors (Lipinski definition) is 6. The molecule has 4 aromatic rings. The lowest BCUT2D eigenvalue weighted by atomic mass is 10.0. The van der Waals surface area contributed by atoms with Crippen molar-refractivity contribution in [1.82, 2.24) is 15.2 Å². The summed E-state index contributed by atoms with van der Waals surface area (Å²) in [5.41, 5.74) is 3.17. The number of nitrogens with one attached hydrogen (secondary N) is 1. The second kappa shape index (κ2) is 9.34. The summed E-state index contributed by atoms with van der Waals surface area (Å²) in [5.74, 6) is -0.158. The largest absolute Gasteiger partial charge is 0.395 e. The monoisotopic (exact) mass is 447 g/mol. The second-order valence-electron chi connectivity index (χ2n) is 7.91. The number of fused-ring (bicyclic) bond motifs is 2. The molecule has 0 aliphatic carbocycles. The Morgan fingerprint density at radius 3 is 2.97 bits per heavy atom. The second-order valence-corrected chi connectivity index (χ2v) is 8.96. The van der Waals surface area contributed by atoms with Gasteiger partial charge in [0.15, 0.2) is 0 Å². The first-order valence-electron chi connectivity index (χ1n) is 10.8. The number of para-hydroxylation sites is 1. The van der Waals surface area contributed by atoms with Gasteiger partial charge in [0.2, 0.25) is 0 Å². The smallest absolute Gasteiger partial charge is 0.261 e. The van der Waals surface area contributed by atoms with Crippen LogP contribution >= 0.6 is 11.3 Å². The minimum atomic E-state index is -0.197. The van der Waals surface area contributed by atoms with Gasteiger partial charge < -0.3 is 15.2 Å². The van der Waals surface area contributed by atoms with Gasteiger partial charge in [-0.3, -0.25) is 14.7 Å². The van der Waals surface area contributed by atoms with E-state index in [0.717, 1.165) is 39.6 Å². The Morgan fingerprint density at radius 2 is 2.06 bits per heavy atom. The van der Waals surface area contributed by atoms with Crippen LogP contribution in [0.4, 0.5) is 0 Å². The van der Waals surface area contributed by atoms with E-state index in [-0.39, 0.29) is 25.2 Å². The van der Waals surface area contributed by atoms with E-state index >= 15 is 0 Å². The summed E-state index contributed by atoms with van der Waals surface area (Å²) in [6.07, 6.45) is 1.64. The molecule has 2 aromatic heterocycles. The highest BCUT2D eigenvalue weighted by Crippen LogP contribution is 2.38. The molecule has 0 bridgehead atoms. The quantitative estimate of drug-likeness (QED) is 0.471. The highest BCUT2D eigenvalue weighted by molar-refractivity contribution is 7.21. The third-order valence-electron chi connectivity index (χ3n) is 5.82. The van der Waals surface area contributed by atoms with Crippen LogP contribution in [0.25, 0.3) is 21.0 Å². The first-order chi connectivity index (χ1) is 15.7. The Bertz CT molecular complexity index is 1250. The Kier molecular flexibility index (Phi) is 6.14. The van der Waals surface area contributed by atoms with E-state index in [1.807, 2.05) is 30.5 Å². The predicted molar refractivity (Wildman–Crippen MR) is 127 cm³/mol. The highest BCUT2D eigenvalue weighted by atomic mass is 32.1. The minimum absolute atomic E-state index is 0.0846. The number of thiophene rings is 1. The van der Waals surface area contributed by atoms with Crippen LogP contribution in [-0.4, -0.2) is 53.7 Å². The van der Waals surface area contributed by atoms with Crippen molar-refractivity contribution in [2.24, 2.45) is 0 Å². The summed E-state index contributed by atoms with van der Waals surface area (Å²) in [7, 11) is 0.